The average molecular weight is 222 g/mol. The van der Waals surface area contributed by atoms with Crippen LogP contribution in [-0.2, 0) is 9.53 Å². The van der Waals surface area contributed by atoms with Crippen LogP contribution in [0.4, 0.5) is 0 Å². The fraction of sp³-hybridized carbons (Fsp3) is 0.308. The highest BCUT2D eigenvalue weighted by molar-refractivity contribution is 5.81. The lowest BCUT2D eigenvalue weighted by molar-refractivity contribution is -0.161. The van der Waals surface area contributed by atoms with Crippen LogP contribution in [0.15, 0.2) is 43.0 Å². The second-order valence-corrected chi connectivity index (χ2v) is 3.16. The number of aliphatic hydroxyl groups is 1. The topological polar surface area (TPSA) is 46.5 Å². The van der Waals surface area contributed by atoms with E-state index < -0.39 is 12.3 Å². The Morgan fingerprint density at radius 1 is 1.50 bits per heavy atom. The van der Waals surface area contributed by atoms with Crippen LogP contribution in [0.2, 0.25) is 0 Å². The number of hydrogen-bond acceptors (Lipinski definition) is 3. The zero-order valence-electron chi connectivity index (χ0n) is 9.72. The molecule has 1 unspecified atom stereocenters. The molecule has 3 heteroatoms. The summed E-state index contributed by atoms with van der Waals surface area (Å²) in [7, 11) is 0. The summed E-state index contributed by atoms with van der Waals surface area (Å²) in [6.45, 7) is 6.96. The lowest BCUT2D eigenvalue weighted by atomic mass is 10.2. The minimum atomic E-state index is -0.990. The van der Waals surface area contributed by atoms with Crippen LogP contribution in [0.1, 0.15) is 18.9 Å². The van der Waals surface area contributed by atoms with Crippen LogP contribution in [0.25, 0.3) is 0 Å². The Kier molecular flexibility index (Phi) is 7.81. The molecule has 1 aromatic rings. The van der Waals surface area contributed by atoms with Crippen molar-refractivity contribution in [3.8, 4) is 0 Å². The SMILES string of the molecule is C=CC(=O)OC(O)CC.Cc1ccccc1. The maximum Gasteiger partial charge on any atom is 0.332 e. The first-order chi connectivity index (χ1) is 7.60. The van der Waals surface area contributed by atoms with Gasteiger partial charge >= 0.3 is 5.97 Å². The standard InChI is InChI=1S/C7H8.C6H10O3/c1-7-5-3-2-4-6-7;1-3-5(7)9-6(8)4-2/h2-6H,1H3;3,6,8H,1,4H2,2H3. The van der Waals surface area contributed by atoms with Gasteiger partial charge in [-0.1, -0.05) is 49.4 Å². The van der Waals surface area contributed by atoms with E-state index in [1.54, 1.807) is 6.92 Å². The highest BCUT2D eigenvalue weighted by atomic mass is 16.6. The summed E-state index contributed by atoms with van der Waals surface area (Å²) in [6, 6.07) is 10.3. The zero-order valence-corrected chi connectivity index (χ0v) is 9.72. The van der Waals surface area contributed by atoms with Gasteiger partial charge in [-0.3, -0.25) is 0 Å². The van der Waals surface area contributed by atoms with E-state index in [-0.39, 0.29) is 0 Å². The molecule has 0 aliphatic heterocycles. The molecular formula is C13H18O3. The Bertz CT molecular complexity index is 306. The van der Waals surface area contributed by atoms with E-state index in [1.165, 1.54) is 5.56 Å². The maximum atomic E-state index is 10.3. The molecule has 1 N–H and O–H groups in total. The molecule has 88 valence electrons. The molecule has 0 spiro atoms. The van der Waals surface area contributed by atoms with E-state index in [0.29, 0.717) is 6.42 Å². The summed E-state index contributed by atoms with van der Waals surface area (Å²) in [6.07, 6.45) is 0.425. The monoisotopic (exact) mass is 222 g/mol. The molecule has 0 saturated carbocycles. The molecule has 0 bridgehead atoms. The number of aliphatic hydroxyl groups excluding tert-OH is 1. The van der Waals surface area contributed by atoms with Gasteiger partial charge in [0.05, 0.1) is 0 Å². The van der Waals surface area contributed by atoms with Gasteiger partial charge in [0.1, 0.15) is 0 Å². The molecule has 0 aromatic heterocycles. The number of carbonyl (C=O) groups is 1. The van der Waals surface area contributed by atoms with Crippen LogP contribution in [-0.4, -0.2) is 17.4 Å². The van der Waals surface area contributed by atoms with Gasteiger partial charge in [0, 0.05) is 12.5 Å². The summed E-state index contributed by atoms with van der Waals surface area (Å²) in [4.78, 5) is 10.3. The van der Waals surface area contributed by atoms with Gasteiger partial charge in [0.15, 0.2) is 0 Å². The Balaban J connectivity index is 0.000000288. The van der Waals surface area contributed by atoms with Gasteiger partial charge in [0.2, 0.25) is 6.29 Å². The van der Waals surface area contributed by atoms with E-state index in [2.05, 4.69) is 30.4 Å². The molecule has 1 atom stereocenters. The summed E-state index contributed by atoms with van der Waals surface area (Å²) >= 11 is 0. The van der Waals surface area contributed by atoms with Crippen molar-refractivity contribution in [2.24, 2.45) is 0 Å². The molecule has 0 amide bonds. The Morgan fingerprint density at radius 3 is 2.38 bits per heavy atom. The predicted octanol–water partition coefficient (Wildman–Crippen LogP) is 2.44. The third-order valence-corrected chi connectivity index (χ3v) is 1.71. The second kappa shape index (κ2) is 8.68. The number of rotatable bonds is 3. The first-order valence-electron chi connectivity index (χ1n) is 5.13. The largest absolute Gasteiger partial charge is 0.433 e. The number of benzene rings is 1. The quantitative estimate of drug-likeness (QED) is 0.485. The molecule has 0 saturated heterocycles. The third kappa shape index (κ3) is 7.76. The molecule has 0 aliphatic rings. The van der Waals surface area contributed by atoms with Crippen molar-refractivity contribution in [3.63, 3.8) is 0 Å². The van der Waals surface area contributed by atoms with Gasteiger partial charge in [-0.15, -0.1) is 0 Å². The molecule has 1 aromatic carbocycles. The van der Waals surface area contributed by atoms with Gasteiger partial charge in [-0.05, 0) is 6.92 Å². The van der Waals surface area contributed by atoms with Crippen molar-refractivity contribution in [1.82, 2.24) is 0 Å². The summed E-state index contributed by atoms with van der Waals surface area (Å²) in [5.74, 6) is -0.593. The molecule has 16 heavy (non-hydrogen) atoms. The number of aryl methyl sites for hydroxylation is 1. The Morgan fingerprint density at radius 2 is 2.06 bits per heavy atom. The van der Waals surface area contributed by atoms with Crippen molar-refractivity contribution in [2.75, 3.05) is 0 Å². The van der Waals surface area contributed by atoms with Crippen molar-refractivity contribution >= 4 is 5.97 Å². The molecule has 0 heterocycles. The average Bonchev–Trinajstić information content (AvgIpc) is 2.30. The normalized spacial score (nSPS) is 10.7. The lowest BCUT2D eigenvalue weighted by Gasteiger charge is -2.05. The Hall–Kier alpha value is -1.61. The highest BCUT2D eigenvalue weighted by Crippen LogP contribution is 1.92. The first-order valence-corrected chi connectivity index (χ1v) is 5.13. The minimum absolute atomic E-state index is 0.402. The van der Waals surface area contributed by atoms with Crippen molar-refractivity contribution in [2.45, 2.75) is 26.6 Å². The smallest absolute Gasteiger partial charge is 0.332 e. The lowest BCUT2D eigenvalue weighted by Crippen LogP contribution is -2.14. The van der Waals surface area contributed by atoms with Crippen molar-refractivity contribution in [3.05, 3.63) is 48.6 Å². The van der Waals surface area contributed by atoms with E-state index in [0.717, 1.165) is 6.08 Å². The van der Waals surface area contributed by atoms with Crippen molar-refractivity contribution in [1.29, 1.82) is 0 Å². The number of esters is 1. The zero-order chi connectivity index (χ0) is 12.4. The van der Waals surface area contributed by atoms with E-state index in [1.807, 2.05) is 18.2 Å². The predicted molar refractivity (Wildman–Crippen MR) is 63.8 cm³/mol. The minimum Gasteiger partial charge on any atom is -0.433 e. The number of ether oxygens (including phenoxy) is 1. The van der Waals surface area contributed by atoms with Gasteiger partial charge in [0.25, 0.3) is 0 Å². The summed E-state index contributed by atoms with van der Waals surface area (Å²) < 4.78 is 4.35. The van der Waals surface area contributed by atoms with E-state index in [4.69, 9.17) is 5.11 Å². The van der Waals surface area contributed by atoms with Gasteiger partial charge in [-0.25, -0.2) is 4.79 Å². The van der Waals surface area contributed by atoms with E-state index in [9.17, 15) is 4.79 Å². The summed E-state index contributed by atoms with van der Waals surface area (Å²) in [5.41, 5.74) is 1.32. The fourth-order valence-electron chi connectivity index (χ4n) is 0.800. The van der Waals surface area contributed by atoms with E-state index >= 15 is 0 Å². The molecule has 0 radical (unpaired) electrons. The first kappa shape index (κ1) is 14.4. The van der Waals surface area contributed by atoms with Crippen LogP contribution in [0.5, 0.6) is 0 Å². The fourth-order valence-corrected chi connectivity index (χ4v) is 0.800. The molecule has 1 rings (SSSR count). The van der Waals surface area contributed by atoms with Crippen LogP contribution in [0.3, 0.4) is 0 Å². The molecule has 0 fully saturated rings. The van der Waals surface area contributed by atoms with Gasteiger partial charge < -0.3 is 9.84 Å². The number of hydrogen-bond donors (Lipinski definition) is 1. The third-order valence-electron chi connectivity index (χ3n) is 1.71. The molecule has 3 nitrogen and oxygen atoms in total. The van der Waals surface area contributed by atoms with Crippen LogP contribution < -0.4 is 0 Å². The molecule has 0 aliphatic carbocycles. The van der Waals surface area contributed by atoms with Crippen LogP contribution >= 0.6 is 0 Å². The van der Waals surface area contributed by atoms with Crippen LogP contribution in [0, 0.1) is 6.92 Å². The number of carbonyl (C=O) groups excluding carboxylic acids is 1. The summed E-state index contributed by atoms with van der Waals surface area (Å²) in [5, 5.41) is 8.67. The second-order valence-electron chi connectivity index (χ2n) is 3.16. The van der Waals surface area contributed by atoms with Crippen molar-refractivity contribution < 1.29 is 14.6 Å². The molecular weight excluding hydrogens is 204 g/mol. The highest BCUT2D eigenvalue weighted by Gasteiger charge is 2.02. The van der Waals surface area contributed by atoms with Gasteiger partial charge in [-0.2, -0.15) is 0 Å². The Labute approximate surface area is 96.4 Å². The maximum absolute atomic E-state index is 10.3.